The smallest absolute Gasteiger partial charge is 0.254 e. The van der Waals surface area contributed by atoms with Crippen molar-refractivity contribution in [1.29, 1.82) is 0 Å². The topological polar surface area (TPSA) is 20.3 Å². The number of benzene rings is 1. The number of carbonyl (C=O) groups excluding carboxylic acids is 1. The van der Waals surface area contributed by atoms with Gasteiger partial charge >= 0.3 is 0 Å². The Hall–Kier alpha value is -1.02. The van der Waals surface area contributed by atoms with Crippen molar-refractivity contribution >= 4 is 17.5 Å². The first-order valence-electron chi connectivity index (χ1n) is 6.54. The standard InChI is InChI=1S/C15H20ClNO/c1-11-3-4-14(12(2)9-11)15(18)17-7-5-13(10-16)6-8-17/h3-4,9,13H,5-8,10H2,1-2H3. The molecule has 0 radical (unpaired) electrons. The number of nitrogens with zero attached hydrogens (tertiary/aromatic N) is 1. The first kappa shape index (κ1) is 13.4. The van der Waals surface area contributed by atoms with Gasteiger partial charge in [-0.2, -0.15) is 0 Å². The molecular weight excluding hydrogens is 246 g/mol. The van der Waals surface area contributed by atoms with E-state index in [1.807, 2.05) is 30.9 Å². The molecule has 0 saturated carbocycles. The van der Waals surface area contributed by atoms with E-state index in [1.54, 1.807) is 0 Å². The first-order valence-corrected chi connectivity index (χ1v) is 7.07. The van der Waals surface area contributed by atoms with E-state index in [2.05, 4.69) is 6.07 Å². The van der Waals surface area contributed by atoms with Crippen LogP contribution < -0.4 is 0 Å². The van der Waals surface area contributed by atoms with Gasteiger partial charge in [0.1, 0.15) is 0 Å². The van der Waals surface area contributed by atoms with Crippen LogP contribution in [-0.4, -0.2) is 29.8 Å². The molecule has 1 amide bonds. The van der Waals surface area contributed by atoms with Crippen LogP contribution >= 0.6 is 11.6 Å². The summed E-state index contributed by atoms with van der Waals surface area (Å²) in [6, 6.07) is 6.02. The van der Waals surface area contributed by atoms with Crippen LogP contribution in [0.1, 0.15) is 34.3 Å². The number of likely N-dealkylation sites (tertiary alicyclic amines) is 1. The number of amides is 1. The highest BCUT2D eigenvalue weighted by molar-refractivity contribution is 6.18. The van der Waals surface area contributed by atoms with Gasteiger partial charge in [-0.15, -0.1) is 11.6 Å². The fourth-order valence-electron chi connectivity index (χ4n) is 2.51. The minimum atomic E-state index is 0.167. The van der Waals surface area contributed by atoms with Crippen molar-refractivity contribution in [1.82, 2.24) is 4.90 Å². The number of piperidine rings is 1. The molecule has 0 unspecified atom stereocenters. The first-order chi connectivity index (χ1) is 8.61. The molecule has 1 saturated heterocycles. The molecule has 1 fully saturated rings. The van der Waals surface area contributed by atoms with Gasteiger partial charge in [0, 0.05) is 24.5 Å². The van der Waals surface area contributed by atoms with Crippen molar-refractivity contribution in [2.45, 2.75) is 26.7 Å². The minimum absolute atomic E-state index is 0.167. The SMILES string of the molecule is Cc1ccc(C(=O)N2CCC(CCl)CC2)c(C)c1. The van der Waals surface area contributed by atoms with E-state index in [4.69, 9.17) is 11.6 Å². The number of hydrogen-bond acceptors (Lipinski definition) is 1. The lowest BCUT2D eigenvalue weighted by atomic mass is 9.97. The zero-order valence-corrected chi connectivity index (χ0v) is 11.8. The summed E-state index contributed by atoms with van der Waals surface area (Å²) < 4.78 is 0. The summed E-state index contributed by atoms with van der Waals surface area (Å²) in [6.07, 6.45) is 2.06. The Morgan fingerprint density at radius 1 is 1.33 bits per heavy atom. The summed E-state index contributed by atoms with van der Waals surface area (Å²) in [5.41, 5.74) is 3.11. The van der Waals surface area contributed by atoms with E-state index in [1.165, 1.54) is 5.56 Å². The second kappa shape index (κ2) is 5.75. The predicted octanol–water partition coefficient (Wildman–Crippen LogP) is 3.39. The monoisotopic (exact) mass is 265 g/mol. The second-order valence-electron chi connectivity index (χ2n) is 5.21. The van der Waals surface area contributed by atoms with Crippen molar-refractivity contribution < 1.29 is 4.79 Å². The van der Waals surface area contributed by atoms with Gasteiger partial charge in [0.2, 0.25) is 0 Å². The molecule has 1 aromatic rings. The van der Waals surface area contributed by atoms with Gasteiger partial charge in [-0.25, -0.2) is 0 Å². The normalized spacial score (nSPS) is 16.9. The zero-order valence-electron chi connectivity index (χ0n) is 11.1. The Labute approximate surface area is 114 Å². The molecule has 0 atom stereocenters. The van der Waals surface area contributed by atoms with Crippen molar-refractivity contribution in [3.05, 3.63) is 34.9 Å². The van der Waals surface area contributed by atoms with E-state index >= 15 is 0 Å². The maximum atomic E-state index is 12.4. The molecule has 0 N–H and O–H groups in total. The van der Waals surface area contributed by atoms with Crippen LogP contribution in [0.4, 0.5) is 0 Å². The molecule has 18 heavy (non-hydrogen) atoms. The Bertz CT molecular complexity index is 436. The summed E-state index contributed by atoms with van der Waals surface area (Å²) in [4.78, 5) is 14.4. The lowest BCUT2D eigenvalue weighted by molar-refractivity contribution is 0.0697. The summed E-state index contributed by atoms with van der Waals surface area (Å²) in [6.45, 7) is 5.73. The molecule has 0 aromatic heterocycles. The Morgan fingerprint density at radius 2 is 2.00 bits per heavy atom. The van der Waals surface area contributed by atoms with Gasteiger partial charge in [0.25, 0.3) is 5.91 Å². The van der Waals surface area contributed by atoms with Gasteiger partial charge in [-0.05, 0) is 44.2 Å². The molecule has 0 aliphatic carbocycles. The third-order valence-corrected chi connectivity index (χ3v) is 4.17. The van der Waals surface area contributed by atoms with Crippen LogP contribution in [0.2, 0.25) is 0 Å². The average molecular weight is 266 g/mol. The average Bonchev–Trinajstić information content (AvgIpc) is 2.38. The van der Waals surface area contributed by atoms with E-state index < -0.39 is 0 Å². The van der Waals surface area contributed by atoms with Crippen LogP contribution in [0.5, 0.6) is 0 Å². The highest BCUT2D eigenvalue weighted by Crippen LogP contribution is 2.21. The third-order valence-electron chi connectivity index (χ3n) is 3.73. The Kier molecular flexibility index (Phi) is 4.28. The molecule has 2 nitrogen and oxygen atoms in total. The van der Waals surface area contributed by atoms with Gasteiger partial charge in [0.15, 0.2) is 0 Å². The van der Waals surface area contributed by atoms with E-state index in [0.29, 0.717) is 11.8 Å². The second-order valence-corrected chi connectivity index (χ2v) is 5.52. The van der Waals surface area contributed by atoms with Gasteiger partial charge in [-0.3, -0.25) is 4.79 Å². The van der Waals surface area contributed by atoms with E-state index in [9.17, 15) is 4.79 Å². The van der Waals surface area contributed by atoms with Crippen molar-refractivity contribution in [3.63, 3.8) is 0 Å². The fraction of sp³-hybridized carbons (Fsp3) is 0.533. The molecule has 1 aromatic carbocycles. The molecular formula is C15H20ClNO. The van der Waals surface area contributed by atoms with E-state index in [0.717, 1.165) is 37.1 Å². The number of alkyl halides is 1. The van der Waals surface area contributed by atoms with Crippen LogP contribution in [-0.2, 0) is 0 Å². The minimum Gasteiger partial charge on any atom is -0.339 e. The summed E-state index contributed by atoms with van der Waals surface area (Å²) in [5, 5.41) is 0. The quantitative estimate of drug-likeness (QED) is 0.751. The number of halogens is 1. The third kappa shape index (κ3) is 2.86. The number of carbonyl (C=O) groups is 1. The van der Waals surface area contributed by atoms with Gasteiger partial charge < -0.3 is 4.90 Å². The molecule has 98 valence electrons. The number of aryl methyl sites for hydroxylation is 2. The molecule has 1 heterocycles. The summed E-state index contributed by atoms with van der Waals surface area (Å²) in [7, 11) is 0. The van der Waals surface area contributed by atoms with Crippen LogP contribution in [0.15, 0.2) is 18.2 Å². The van der Waals surface area contributed by atoms with Crippen LogP contribution in [0.25, 0.3) is 0 Å². The van der Waals surface area contributed by atoms with Crippen molar-refractivity contribution in [2.24, 2.45) is 5.92 Å². The predicted molar refractivity (Wildman–Crippen MR) is 75.3 cm³/mol. The highest BCUT2D eigenvalue weighted by Gasteiger charge is 2.23. The van der Waals surface area contributed by atoms with Gasteiger partial charge in [0.05, 0.1) is 0 Å². The number of rotatable bonds is 2. The zero-order chi connectivity index (χ0) is 13.1. The van der Waals surface area contributed by atoms with E-state index in [-0.39, 0.29) is 5.91 Å². The molecule has 3 heteroatoms. The molecule has 1 aliphatic heterocycles. The van der Waals surface area contributed by atoms with Crippen molar-refractivity contribution in [3.8, 4) is 0 Å². The lowest BCUT2D eigenvalue weighted by Gasteiger charge is -2.31. The Morgan fingerprint density at radius 3 is 2.56 bits per heavy atom. The van der Waals surface area contributed by atoms with Crippen molar-refractivity contribution in [2.75, 3.05) is 19.0 Å². The maximum Gasteiger partial charge on any atom is 0.254 e. The fourth-order valence-corrected chi connectivity index (χ4v) is 2.82. The summed E-state index contributed by atoms with van der Waals surface area (Å²) >= 11 is 5.86. The highest BCUT2D eigenvalue weighted by atomic mass is 35.5. The molecule has 0 bridgehead atoms. The maximum absolute atomic E-state index is 12.4. The number of hydrogen-bond donors (Lipinski definition) is 0. The molecule has 0 spiro atoms. The molecule has 2 rings (SSSR count). The largest absolute Gasteiger partial charge is 0.339 e. The van der Waals surface area contributed by atoms with Crippen LogP contribution in [0, 0.1) is 19.8 Å². The molecule has 1 aliphatic rings. The van der Waals surface area contributed by atoms with Crippen LogP contribution in [0.3, 0.4) is 0 Å². The van der Waals surface area contributed by atoms with Gasteiger partial charge in [-0.1, -0.05) is 17.7 Å². The Balaban J connectivity index is 2.08. The summed E-state index contributed by atoms with van der Waals surface area (Å²) in [5.74, 6) is 1.46. The lowest BCUT2D eigenvalue weighted by Crippen LogP contribution is -2.39.